The zero-order valence-electron chi connectivity index (χ0n) is 27.1. The van der Waals surface area contributed by atoms with Crippen LogP contribution in [0.4, 0.5) is 30.7 Å². The van der Waals surface area contributed by atoms with E-state index < -0.39 is 78.7 Å². The third-order valence-corrected chi connectivity index (χ3v) is 7.35. The van der Waals surface area contributed by atoms with Crippen molar-refractivity contribution in [2.24, 2.45) is 5.92 Å². The first kappa shape index (κ1) is 41.2. The second kappa shape index (κ2) is 17.8. The van der Waals surface area contributed by atoms with Crippen LogP contribution in [0.25, 0.3) is 0 Å². The highest BCUT2D eigenvalue weighted by Crippen LogP contribution is 2.23. The fourth-order valence-corrected chi connectivity index (χ4v) is 4.80. The minimum absolute atomic E-state index is 0.0714. The van der Waals surface area contributed by atoms with Gasteiger partial charge in [0, 0.05) is 11.4 Å². The van der Waals surface area contributed by atoms with Gasteiger partial charge in [0.25, 0.3) is 11.8 Å². The summed E-state index contributed by atoms with van der Waals surface area (Å²) in [6.45, 7) is -2.86. The number of nitrogens with zero attached hydrogens (tertiary/aromatic N) is 1. The number of pyridine rings is 1. The summed E-state index contributed by atoms with van der Waals surface area (Å²) in [5.41, 5.74) is 0.183. The maximum atomic E-state index is 14.8. The lowest BCUT2D eigenvalue weighted by atomic mass is 9.94. The number of alkyl halides is 7. The Morgan fingerprint density at radius 3 is 2.08 bits per heavy atom. The third kappa shape index (κ3) is 11.9. The molecule has 280 valence electrons. The van der Waals surface area contributed by atoms with Crippen LogP contribution in [0.1, 0.15) is 41.5 Å². The minimum Gasteiger partial charge on any atom is -0.433 e. The quantitative estimate of drug-likeness (QED) is 0.123. The number of benzene rings is 2. The van der Waals surface area contributed by atoms with Crippen LogP contribution in [0.2, 0.25) is 5.02 Å². The first-order valence-electron chi connectivity index (χ1n) is 15.2. The number of ether oxygens (including phenoxy) is 1. The summed E-state index contributed by atoms with van der Waals surface area (Å²) in [5, 5.41) is 8.14. The molecular weight excluding hydrogens is 731 g/mol. The molecule has 4 amide bonds. The molecule has 3 aromatic rings. The highest BCUT2D eigenvalue weighted by Gasteiger charge is 2.52. The van der Waals surface area contributed by atoms with Gasteiger partial charge in [0.2, 0.25) is 17.6 Å². The van der Waals surface area contributed by atoms with Crippen LogP contribution in [0.5, 0.6) is 5.75 Å². The summed E-state index contributed by atoms with van der Waals surface area (Å²) >= 11 is 6.08. The minimum atomic E-state index is -5.06. The Bertz CT molecular complexity index is 1730. The normalized spacial score (nSPS) is 13.5. The van der Waals surface area contributed by atoms with Crippen LogP contribution in [0.15, 0.2) is 72.9 Å². The number of aromatic nitrogens is 1. The van der Waals surface area contributed by atoms with Gasteiger partial charge in [-0.15, -0.1) is 0 Å². The highest BCUT2D eigenvalue weighted by molar-refractivity contribution is 6.30. The van der Waals surface area contributed by atoms with Gasteiger partial charge in [-0.05, 0) is 41.3 Å². The number of hydrogen-bond donors (Lipinski definition) is 4. The number of ketones is 1. The lowest BCUT2D eigenvalue weighted by Gasteiger charge is -2.28. The first-order chi connectivity index (χ1) is 24.3. The molecule has 19 heteroatoms. The molecule has 1 heterocycles. The second-order valence-electron chi connectivity index (χ2n) is 11.4. The Hall–Kier alpha value is -5.26. The molecule has 0 aliphatic heterocycles. The average Bonchev–Trinajstić information content (AvgIpc) is 3.07. The molecule has 0 saturated heterocycles. The fourth-order valence-electron chi connectivity index (χ4n) is 4.59. The van der Waals surface area contributed by atoms with E-state index in [1.165, 1.54) is 50.2 Å². The van der Waals surface area contributed by atoms with Gasteiger partial charge in [-0.2, -0.15) is 30.7 Å². The smallest absolute Gasteiger partial charge is 0.405 e. The molecule has 1 aromatic heterocycles. The zero-order valence-corrected chi connectivity index (χ0v) is 27.9. The molecule has 0 fully saturated rings. The van der Waals surface area contributed by atoms with E-state index in [0.29, 0.717) is 5.56 Å². The molecule has 4 N–H and O–H groups in total. The molecular formula is C33H31ClF7N5O6. The van der Waals surface area contributed by atoms with Gasteiger partial charge in [-0.3, -0.25) is 24.0 Å². The maximum Gasteiger partial charge on any atom is 0.405 e. The molecule has 0 aliphatic carbocycles. The molecule has 11 nitrogen and oxygen atoms in total. The van der Waals surface area contributed by atoms with Crippen LogP contribution in [-0.4, -0.2) is 71.7 Å². The van der Waals surface area contributed by atoms with E-state index in [2.05, 4.69) is 25.7 Å². The maximum absolute atomic E-state index is 14.8. The van der Waals surface area contributed by atoms with E-state index >= 15 is 0 Å². The van der Waals surface area contributed by atoms with Gasteiger partial charge in [-0.25, -0.2) is 4.98 Å². The van der Waals surface area contributed by atoms with Gasteiger partial charge < -0.3 is 26.0 Å². The molecule has 0 radical (unpaired) electrons. The van der Waals surface area contributed by atoms with Crippen molar-refractivity contribution in [2.45, 2.75) is 57.1 Å². The van der Waals surface area contributed by atoms with E-state index in [9.17, 15) is 54.7 Å². The van der Waals surface area contributed by atoms with E-state index in [0.717, 1.165) is 23.6 Å². The Balaban J connectivity index is 1.91. The molecule has 52 heavy (non-hydrogen) atoms. The van der Waals surface area contributed by atoms with E-state index in [4.69, 9.17) is 11.6 Å². The lowest BCUT2D eigenvalue weighted by molar-refractivity contribution is -0.165. The summed E-state index contributed by atoms with van der Waals surface area (Å²) < 4.78 is 96.5. The van der Waals surface area contributed by atoms with Crippen LogP contribution >= 0.6 is 11.6 Å². The number of halogens is 8. The van der Waals surface area contributed by atoms with Crippen LogP contribution in [-0.2, 0) is 25.6 Å². The van der Waals surface area contributed by atoms with Gasteiger partial charge in [0.15, 0.2) is 0 Å². The summed E-state index contributed by atoms with van der Waals surface area (Å²) in [5.74, 6) is -14.4. The average molecular weight is 762 g/mol. The fraction of sp³-hybridized carbons (Fsp3) is 0.333. The number of rotatable bonds is 16. The van der Waals surface area contributed by atoms with Gasteiger partial charge in [0.05, 0.1) is 12.2 Å². The lowest BCUT2D eigenvalue weighted by Crippen LogP contribution is -2.58. The Morgan fingerprint density at radius 1 is 0.846 bits per heavy atom. The number of Topliss-reactive ketones (excluding diaryl/α,β-unsaturated/α-hetero) is 1. The second-order valence-corrected chi connectivity index (χ2v) is 11.9. The van der Waals surface area contributed by atoms with Gasteiger partial charge >= 0.3 is 18.7 Å². The van der Waals surface area contributed by atoms with E-state index in [1.54, 1.807) is 18.2 Å². The molecule has 0 bridgehead atoms. The first-order valence-corrected chi connectivity index (χ1v) is 15.5. The summed E-state index contributed by atoms with van der Waals surface area (Å²) in [4.78, 5) is 69.2. The molecule has 0 spiro atoms. The van der Waals surface area contributed by atoms with Crippen molar-refractivity contribution >= 4 is 41.0 Å². The summed E-state index contributed by atoms with van der Waals surface area (Å²) in [7, 11) is 0. The van der Waals surface area contributed by atoms with Crippen LogP contribution < -0.4 is 26.0 Å². The van der Waals surface area contributed by atoms with Crippen molar-refractivity contribution in [1.82, 2.24) is 26.3 Å². The van der Waals surface area contributed by atoms with Crippen molar-refractivity contribution in [2.75, 3.05) is 6.54 Å². The van der Waals surface area contributed by atoms with Gasteiger partial charge in [-0.1, -0.05) is 67.9 Å². The predicted octanol–water partition coefficient (Wildman–Crippen LogP) is 4.56. The molecule has 2 unspecified atom stereocenters. The number of nitrogens with one attached hydrogen (secondary N) is 4. The Morgan fingerprint density at radius 2 is 1.52 bits per heavy atom. The molecule has 0 saturated carbocycles. The van der Waals surface area contributed by atoms with Gasteiger partial charge in [0.1, 0.15) is 30.1 Å². The van der Waals surface area contributed by atoms with Crippen molar-refractivity contribution in [3.8, 4) is 5.75 Å². The highest BCUT2D eigenvalue weighted by atomic mass is 35.5. The van der Waals surface area contributed by atoms with E-state index in [-0.39, 0.29) is 28.5 Å². The van der Waals surface area contributed by atoms with Crippen molar-refractivity contribution < 1.29 is 59.4 Å². The number of hydrogen-bond acceptors (Lipinski definition) is 7. The van der Waals surface area contributed by atoms with Crippen molar-refractivity contribution in [1.29, 1.82) is 0 Å². The SMILES string of the molecule is CC(C)[C@H](NC(=O)C(NC(=O)C(Cc1cccc(Cl)c1)NC(=O)c1ccc(OC(F)F)cn1)c1ccccc1)C(=O)C(F)(F)C(=O)NCC(F)(F)F. The topological polar surface area (TPSA) is 156 Å². The summed E-state index contributed by atoms with van der Waals surface area (Å²) in [6, 6.07) is 10.1. The predicted molar refractivity (Wildman–Crippen MR) is 170 cm³/mol. The van der Waals surface area contributed by atoms with Crippen molar-refractivity contribution in [3.05, 3.63) is 94.8 Å². The number of amides is 4. The van der Waals surface area contributed by atoms with Crippen LogP contribution in [0.3, 0.4) is 0 Å². The number of carbonyl (C=O) groups is 5. The summed E-state index contributed by atoms with van der Waals surface area (Å²) in [6.07, 6.45) is -4.45. The standard InChI is InChI=1S/C33H31ClF7N5O6/c1-17(2)24(26(47)33(40,41)30(51)43-16-32(37,38)39)45-29(50)25(19-8-4-3-5-9-19)46-28(49)23(14-18-7-6-10-20(34)13-18)44-27(48)22-12-11-21(15-42-22)52-31(35)36/h3-13,15,17,23-25,31H,14,16H2,1-2H3,(H,43,51)(H,44,48)(H,45,50)(H,46,49)/t23?,24-,25?/m0/s1. The number of carbonyl (C=O) groups excluding carboxylic acids is 5. The Labute approximate surface area is 296 Å². The zero-order chi connectivity index (χ0) is 38.8. The third-order valence-electron chi connectivity index (χ3n) is 7.12. The molecule has 3 rings (SSSR count). The largest absolute Gasteiger partial charge is 0.433 e. The van der Waals surface area contributed by atoms with E-state index in [1.807, 2.05) is 0 Å². The molecule has 3 atom stereocenters. The van der Waals surface area contributed by atoms with Crippen LogP contribution in [0, 0.1) is 5.92 Å². The molecule has 0 aliphatic rings. The Kier molecular flexibility index (Phi) is 14.1. The molecule has 2 aromatic carbocycles. The van der Waals surface area contributed by atoms with Crippen molar-refractivity contribution in [3.63, 3.8) is 0 Å². The monoisotopic (exact) mass is 761 g/mol.